The van der Waals surface area contributed by atoms with Crippen molar-refractivity contribution in [2.24, 2.45) is 11.5 Å². The highest BCUT2D eigenvalue weighted by atomic mass is 33.1. The van der Waals surface area contributed by atoms with Crippen LogP contribution in [0.4, 0.5) is 0 Å². The molecule has 0 aromatic heterocycles. The molecule has 2 atom stereocenters. The monoisotopic (exact) mass is 304 g/mol. The fourth-order valence-electron chi connectivity index (χ4n) is 1.84. The van der Waals surface area contributed by atoms with Gasteiger partial charge in [-0.25, -0.2) is 0 Å². The maximum Gasteiger partial charge on any atom is 0.0395 e. The summed E-state index contributed by atoms with van der Waals surface area (Å²) in [7, 11) is 3.58. The van der Waals surface area contributed by atoms with Gasteiger partial charge in [0.1, 0.15) is 0 Å². The van der Waals surface area contributed by atoms with E-state index in [0.717, 1.165) is 11.5 Å². The van der Waals surface area contributed by atoms with E-state index in [1.54, 1.807) is 21.6 Å². The molecule has 0 aliphatic carbocycles. The van der Waals surface area contributed by atoms with Crippen LogP contribution < -0.4 is 11.5 Å². The third kappa shape index (κ3) is 4.87. The van der Waals surface area contributed by atoms with Crippen molar-refractivity contribution in [3.63, 3.8) is 0 Å². The summed E-state index contributed by atoms with van der Waals surface area (Å²) in [5.41, 5.74) is 14.7. The summed E-state index contributed by atoms with van der Waals surface area (Å²) >= 11 is 0. The fraction of sp³-hybridized carbons (Fsp3) is 0.250. The molecule has 0 saturated heterocycles. The molecule has 2 aromatic carbocycles. The summed E-state index contributed by atoms with van der Waals surface area (Å²) < 4.78 is 0. The number of benzene rings is 2. The molecule has 20 heavy (non-hydrogen) atoms. The standard InChI is InChI=1S/C16H20N2S2/c17-15(13-7-3-1-4-8-13)11-19-20-12-16(18)14-9-5-2-6-10-14/h1-10,15-16H,11-12,17-18H2. The molecular weight excluding hydrogens is 284 g/mol. The second kappa shape index (κ2) is 8.37. The Balaban J connectivity index is 1.69. The molecule has 0 heterocycles. The lowest BCUT2D eigenvalue weighted by Crippen LogP contribution is -2.14. The Morgan fingerprint density at radius 1 is 0.650 bits per heavy atom. The molecule has 0 radical (unpaired) electrons. The maximum absolute atomic E-state index is 6.16. The smallest absolute Gasteiger partial charge is 0.0395 e. The van der Waals surface area contributed by atoms with Crippen LogP contribution in [0.5, 0.6) is 0 Å². The number of hydrogen-bond acceptors (Lipinski definition) is 4. The van der Waals surface area contributed by atoms with Crippen molar-refractivity contribution in [3.8, 4) is 0 Å². The van der Waals surface area contributed by atoms with Gasteiger partial charge in [-0.1, -0.05) is 82.3 Å². The molecular formula is C16H20N2S2. The molecule has 2 aromatic rings. The Labute approximate surface area is 128 Å². The molecule has 106 valence electrons. The minimum atomic E-state index is 0.0849. The number of hydrogen-bond donors (Lipinski definition) is 2. The van der Waals surface area contributed by atoms with E-state index < -0.39 is 0 Å². The van der Waals surface area contributed by atoms with Gasteiger partial charge in [0.25, 0.3) is 0 Å². The first-order valence-corrected chi connectivity index (χ1v) is 9.11. The SMILES string of the molecule is NC(CSSCC(N)c1ccccc1)c1ccccc1. The second-order valence-corrected chi connectivity index (χ2v) is 7.16. The van der Waals surface area contributed by atoms with Crippen LogP contribution in [0.1, 0.15) is 23.2 Å². The highest BCUT2D eigenvalue weighted by Gasteiger charge is 2.08. The second-order valence-electron chi connectivity index (χ2n) is 4.60. The average Bonchev–Trinajstić information content (AvgIpc) is 2.53. The lowest BCUT2D eigenvalue weighted by atomic mass is 10.1. The van der Waals surface area contributed by atoms with Crippen LogP contribution in [0.2, 0.25) is 0 Å². The van der Waals surface area contributed by atoms with Crippen LogP contribution in [-0.2, 0) is 0 Å². The van der Waals surface area contributed by atoms with Crippen LogP contribution in [0.25, 0.3) is 0 Å². The third-order valence-electron chi connectivity index (χ3n) is 3.03. The van der Waals surface area contributed by atoms with E-state index >= 15 is 0 Å². The predicted octanol–water partition coefficient (Wildman–Crippen LogP) is 3.77. The third-order valence-corrected chi connectivity index (χ3v) is 5.51. The average molecular weight is 304 g/mol. The summed E-state index contributed by atoms with van der Waals surface area (Å²) in [6.07, 6.45) is 0. The van der Waals surface area contributed by atoms with Crippen molar-refractivity contribution < 1.29 is 0 Å². The Morgan fingerprint density at radius 3 is 1.35 bits per heavy atom. The first-order valence-electron chi connectivity index (χ1n) is 6.63. The van der Waals surface area contributed by atoms with Gasteiger partial charge in [-0.15, -0.1) is 0 Å². The normalized spacial score (nSPS) is 13.9. The zero-order chi connectivity index (χ0) is 14.2. The van der Waals surface area contributed by atoms with Crippen LogP contribution in [0.15, 0.2) is 60.7 Å². The summed E-state index contributed by atoms with van der Waals surface area (Å²) in [6.45, 7) is 0. The fourth-order valence-corrected chi connectivity index (χ4v) is 4.16. The molecule has 0 saturated carbocycles. The van der Waals surface area contributed by atoms with Crippen molar-refractivity contribution in [2.75, 3.05) is 11.5 Å². The minimum Gasteiger partial charge on any atom is -0.323 e. The molecule has 2 unspecified atom stereocenters. The lowest BCUT2D eigenvalue weighted by molar-refractivity contribution is 0.830. The molecule has 4 heteroatoms. The van der Waals surface area contributed by atoms with Crippen LogP contribution in [-0.4, -0.2) is 11.5 Å². The van der Waals surface area contributed by atoms with E-state index in [2.05, 4.69) is 24.3 Å². The van der Waals surface area contributed by atoms with Gasteiger partial charge < -0.3 is 11.5 Å². The van der Waals surface area contributed by atoms with E-state index in [9.17, 15) is 0 Å². The molecule has 0 aliphatic rings. The van der Waals surface area contributed by atoms with E-state index in [4.69, 9.17) is 11.5 Å². The Kier molecular flexibility index (Phi) is 6.47. The quantitative estimate of drug-likeness (QED) is 0.604. The number of rotatable bonds is 7. The van der Waals surface area contributed by atoms with Crippen molar-refractivity contribution in [1.29, 1.82) is 0 Å². The van der Waals surface area contributed by atoms with Gasteiger partial charge in [0.05, 0.1) is 0 Å². The van der Waals surface area contributed by atoms with Crippen molar-refractivity contribution >= 4 is 21.6 Å². The summed E-state index contributed by atoms with van der Waals surface area (Å²) in [5.74, 6) is 1.80. The minimum absolute atomic E-state index is 0.0849. The highest BCUT2D eigenvalue weighted by molar-refractivity contribution is 8.76. The molecule has 0 spiro atoms. The van der Waals surface area contributed by atoms with Crippen molar-refractivity contribution in [3.05, 3.63) is 71.8 Å². The molecule has 4 N–H and O–H groups in total. The van der Waals surface area contributed by atoms with Crippen LogP contribution in [0.3, 0.4) is 0 Å². The van der Waals surface area contributed by atoms with E-state index in [1.807, 2.05) is 36.4 Å². The lowest BCUT2D eigenvalue weighted by Gasteiger charge is -2.13. The molecule has 0 bridgehead atoms. The van der Waals surface area contributed by atoms with Gasteiger partial charge in [-0.2, -0.15) is 0 Å². The highest BCUT2D eigenvalue weighted by Crippen LogP contribution is 2.29. The largest absolute Gasteiger partial charge is 0.323 e. The molecule has 2 nitrogen and oxygen atoms in total. The zero-order valence-corrected chi connectivity index (χ0v) is 12.9. The first kappa shape index (κ1) is 15.4. The summed E-state index contributed by atoms with van der Waals surface area (Å²) in [5, 5.41) is 0. The number of nitrogens with two attached hydrogens (primary N) is 2. The first-order chi connectivity index (χ1) is 9.77. The molecule has 0 fully saturated rings. The van der Waals surface area contributed by atoms with E-state index in [-0.39, 0.29) is 12.1 Å². The van der Waals surface area contributed by atoms with Gasteiger partial charge >= 0.3 is 0 Å². The van der Waals surface area contributed by atoms with Crippen LogP contribution in [0, 0.1) is 0 Å². The topological polar surface area (TPSA) is 52.0 Å². The Bertz CT molecular complexity index is 443. The Hall–Kier alpha value is -0.940. The molecule has 0 aliphatic heterocycles. The summed E-state index contributed by atoms with van der Waals surface area (Å²) in [6, 6.07) is 20.6. The van der Waals surface area contributed by atoms with Gasteiger partial charge in [0, 0.05) is 23.6 Å². The van der Waals surface area contributed by atoms with Crippen LogP contribution >= 0.6 is 21.6 Å². The van der Waals surface area contributed by atoms with Crippen molar-refractivity contribution in [1.82, 2.24) is 0 Å². The van der Waals surface area contributed by atoms with Gasteiger partial charge in [0.15, 0.2) is 0 Å². The summed E-state index contributed by atoms with van der Waals surface area (Å²) in [4.78, 5) is 0. The molecule has 2 rings (SSSR count). The van der Waals surface area contributed by atoms with Gasteiger partial charge in [0.2, 0.25) is 0 Å². The van der Waals surface area contributed by atoms with E-state index in [0.29, 0.717) is 0 Å². The predicted molar refractivity (Wildman–Crippen MR) is 91.7 cm³/mol. The zero-order valence-electron chi connectivity index (χ0n) is 11.3. The Morgan fingerprint density at radius 2 is 1.00 bits per heavy atom. The van der Waals surface area contributed by atoms with E-state index in [1.165, 1.54) is 11.1 Å². The van der Waals surface area contributed by atoms with Gasteiger partial charge in [-0.05, 0) is 11.1 Å². The molecule has 0 amide bonds. The maximum atomic E-state index is 6.16. The van der Waals surface area contributed by atoms with Crippen molar-refractivity contribution in [2.45, 2.75) is 12.1 Å². The van der Waals surface area contributed by atoms with Gasteiger partial charge in [-0.3, -0.25) is 0 Å².